The predicted octanol–water partition coefficient (Wildman–Crippen LogP) is 0.921. The minimum Gasteiger partial charge on any atom is -0.247 e. The fourth-order valence-corrected chi connectivity index (χ4v) is 1.26. The van der Waals surface area contributed by atoms with Crippen molar-refractivity contribution in [1.29, 1.82) is 0 Å². The van der Waals surface area contributed by atoms with E-state index in [1.165, 1.54) is 6.92 Å². The van der Waals surface area contributed by atoms with Crippen molar-refractivity contribution in [2.75, 3.05) is 0 Å². The Morgan fingerprint density at radius 2 is 1.62 bits per heavy atom. The lowest BCUT2D eigenvalue weighted by molar-refractivity contribution is 0.0692. The topological polar surface area (TPSA) is 24.7 Å². The van der Waals surface area contributed by atoms with Crippen LogP contribution in [-0.4, -0.2) is 12.1 Å². The Morgan fingerprint density at radius 1 is 1.15 bits per heavy atom. The van der Waals surface area contributed by atoms with E-state index in [-0.39, 0.29) is 0 Å². The van der Waals surface area contributed by atoms with Crippen LogP contribution < -0.4 is 10.7 Å². The molecule has 1 heterocycles. The van der Waals surface area contributed by atoms with Gasteiger partial charge in [0.1, 0.15) is 0 Å². The molecule has 1 aliphatic heterocycles. The molecule has 0 radical (unpaired) electrons. The number of halogens is 2. The summed E-state index contributed by atoms with van der Waals surface area (Å²) in [6.45, 7) is 1.33. The SMILES string of the molecule is CC1(C(F)F)N=c2ccccc2=N1. The van der Waals surface area contributed by atoms with Gasteiger partial charge in [0.25, 0.3) is 6.43 Å². The highest BCUT2D eigenvalue weighted by Crippen LogP contribution is 2.21. The molecular formula is C9H8F2N2. The lowest BCUT2D eigenvalue weighted by atomic mass is 10.2. The highest BCUT2D eigenvalue weighted by atomic mass is 19.3. The molecule has 4 heteroatoms. The molecule has 2 nitrogen and oxygen atoms in total. The van der Waals surface area contributed by atoms with Gasteiger partial charge >= 0.3 is 0 Å². The second kappa shape index (κ2) is 2.58. The largest absolute Gasteiger partial charge is 0.282 e. The molecule has 1 aliphatic rings. The molecule has 0 amide bonds. The summed E-state index contributed by atoms with van der Waals surface area (Å²) < 4.78 is 25.0. The van der Waals surface area contributed by atoms with E-state index in [0.29, 0.717) is 10.7 Å². The molecule has 0 fully saturated rings. The van der Waals surface area contributed by atoms with Crippen molar-refractivity contribution in [3.8, 4) is 0 Å². The lowest BCUT2D eigenvalue weighted by Gasteiger charge is -2.14. The standard InChI is InChI=1S/C9H8F2N2/c1-9(8(10)11)12-6-4-2-3-5-7(6)13-9/h2-5,8H,1H3. The van der Waals surface area contributed by atoms with E-state index in [4.69, 9.17) is 0 Å². The average Bonchev–Trinajstić information content (AvgIpc) is 2.42. The van der Waals surface area contributed by atoms with Crippen LogP contribution >= 0.6 is 0 Å². The van der Waals surface area contributed by atoms with Crippen LogP contribution in [0.25, 0.3) is 0 Å². The van der Waals surface area contributed by atoms with Gasteiger partial charge < -0.3 is 0 Å². The molecule has 0 N–H and O–H groups in total. The van der Waals surface area contributed by atoms with Gasteiger partial charge in [-0.15, -0.1) is 0 Å². The predicted molar refractivity (Wildman–Crippen MR) is 43.2 cm³/mol. The molecule has 0 bridgehead atoms. The van der Waals surface area contributed by atoms with Crippen molar-refractivity contribution in [2.45, 2.75) is 19.0 Å². The third-order valence-corrected chi connectivity index (χ3v) is 1.99. The third-order valence-electron chi connectivity index (χ3n) is 1.99. The van der Waals surface area contributed by atoms with Crippen LogP contribution in [0.3, 0.4) is 0 Å². The molecule has 0 spiro atoms. The van der Waals surface area contributed by atoms with E-state index >= 15 is 0 Å². The normalized spacial score (nSPS) is 17.8. The molecule has 1 aromatic rings. The van der Waals surface area contributed by atoms with Gasteiger partial charge in [0.15, 0.2) is 0 Å². The van der Waals surface area contributed by atoms with E-state index in [9.17, 15) is 8.78 Å². The number of rotatable bonds is 1. The molecule has 68 valence electrons. The third kappa shape index (κ3) is 1.22. The van der Waals surface area contributed by atoms with Crippen LogP contribution in [0.1, 0.15) is 6.92 Å². The summed E-state index contributed by atoms with van der Waals surface area (Å²) in [5, 5.41) is 1.09. The van der Waals surface area contributed by atoms with Crippen molar-refractivity contribution in [3.63, 3.8) is 0 Å². The fraction of sp³-hybridized carbons (Fsp3) is 0.333. The first-order chi connectivity index (χ1) is 6.12. The van der Waals surface area contributed by atoms with E-state index in [0.717, 1.165) is 0 Å². The maximum atomic E-state index is 12.5. The van der Waals surface area contributed by atoms with Crippen molar-refractivity contribution < 1.29 is 8.78 Å². The van der Waals surface area contributed by atoms with Crippen molar-refractivity contribution in [1.82, 2.24) is 0 Å². The van der Waals surface area contributed by atoms with Crippen LogP contribution in [0.2, 0.25) is 0 Å². The van der Waals surface area contributed by atoms with E-state index in [1.54, 1.807) is 24.3 Å². The number of fused-ring (bicyclic) bond motifs is 1. The minimum atomic E-state index is -2.56. The number of nitrogens with zero attached hydrogens (tertiary/aromatic N) is 2. The van der Waals surface area contributed by atoms with Crippen molar-refractivity contribution in [3.05, 3.63) is 35.0 Å². The molecule has 0 saturated heterocycles. The van der Waals surface area contributed by atoms with Gasteiger partial charge in [-0.1, -0.05) is 12.1 Å². The van der Waals surface area contributed by atoms with Gasteiger partial charge in [-0.25, -0.2) is 18.8 Å². The van der Waals surface area contributed by atoms with E-state index in [1.807, 2.05) is 0 Å². The van der Waals surface area contributed by atoms with Crippen LogP contribution in [0.5, 0.6) is 0 Å². The smallest absolute Gasteiger partial charge is 0.247 e. The van der Waals surface area contributed by atoms with Crippen molar-refractivity contribution in [2.24, 2.45) is 9.98 Å². The Kier molecular flexibility index (Phi) is 1.65. The summed E-state index contributed by atoms with van der Waals surface area (Å²) in [6.07, 6.45) is -2.56. The van der Waals surface area contributed by atoms with Gasteiger partial charge in [0, 0.05) is 0 Å². The van der Waals surface area contributed by atoms with Gasteiger partial charge in [0.2, 0.25) is 5.66 Å². The van der Waals surface area contributed by atoms with E-state index < -0.39 is 12.1 Å². The number of benzene rings is 1. The average molecular weight is 182 g/mol. The monoisotopic (exact) mass is 182 g/mol. The zero-order valence-electron chi connectivity index (χ0n) is 7.04. The number of hydrogen-bond donors (Lipinski definition) is 0. The quantitative estimate of drug-likeness (QED) is 0.617. The van der Waals surface area contributed by atoms with Gasteiger partial charge in [-0.3, -0.25) is 0 Å². The Balaban J connectivity index is 2.63. The summed E-state index contributed by atoms with van der Waals surface area (Å²) in [4.78, 5) is 7.73. The summed E-state index contributed by atoms with van der Waals surface area (Å²) >= 11 is 0. The summed E-state index contributed by atoms with van der Waals surface area (Å²) in [7, 11) is 0. The Labute approximate surface area is 73.6 Å². The van der Waals surface area contributed by atoms with Crippen LogP contribution in [0.15, 0.2) is 34.3 Å². The molecule has 1 aromatic carbocycles. The van der Waals surface area contributed by atoms with E-state index in [2.05, 4.69) is 9.98 Å². The first-order valence-electron chi connectivity index (χ1n) is 3.95. The second-order valence-electron chi connectivity index (χ2n) is 3.11. The molecule has 13 heavy (non-hydrogen) atoms. The molecule has 0 aliphatic carbocycles. The Morgan fingerprint density at radius 3 is 2.00 bits per heavy atom. The van der Waals surface area contributed by atoms with Crippen LogP contribution in [0.4, 0.5) is 8.78 Å². The highest BCUT2D eigenvalue weighted by molar-refractivity contribution is 5.07. The maximum Gasteiger partial charge on any atom is 0.282 e. The van der Waals surface area contributed by atoms with Gasteiger partial charge in [-0.2, -0.15) is 0 Å². The Hall–Kier alpha value is -1.32. The zero-order valence-corrected chi connectivity index (χ0v) is 7.04. The zero-order chi connectivity index (χ0) is 9.47. The lowest BCUT2D eigenvalue weighted by Crippen LogP contribution is -2.28. The van der Waals surface area contributed by atoms with Crippen molar-refractivity contribution >= 4 is 0 Å². The molecule has 0 saturated carbocycles. The first-order valence-corrected chi connectivity index (χ1v) is 3.95. The number of hydrogen-bond acceptors (Lipinski definition) is 2. The van der Waals surface area contributed by atoms with Crippen LogP contribution in [0, 0.1) is 0 Å². The van der Waals surface area contributed by atoms with Gasteiger partial charge in [-0.05, 0) is 19.1 Å². The second-order valence-corrected chi connectivity index (χ2v) is 3.11. The number of alkyl halides is 2. The van der Waals surface area contributed by atoms with Gasteiger partial charge in [0.05, 0.1) is 10.7 Å². The fourth-order valence-electron chi connectivity index (χ4n) is 1.26. The summed E-state index contributed by atoms with van der Waals surface area (Å²) in [5.41, 5.74) is -1.58. The highest BCUT2D eigenvalue weighted by Gasteiger charge is 2.35. The first kappa shape index (κ1) is 8.29. The summed E-state index contributed by atoms with van der Waals surface area (Å²) in [5.74, 6) is 0. The molecular weight excluding hydrogens is 174 g/mol. The maximum absolute atomic E-state index is 12.5. The molecule has 0 unspecified atom stereocenters. The molecule has 2 rings (SSSR count). The van der Waals surface area contributed by atoms with Crippen LogP contribution in [-0.2, 0) is 0 Å². The summed E-state index contributed by atoms with van der Waals surface area (Å²) in [6, 6.07) is 6.89. The minimum absolute atomic E-state index is 0.547. The molecule has 0 aromatic heterocycles. The number of para-hydroxylation sites is 2. The molecule has 0 atom stereocenters. The Bertz CT molecular complexity index is 404.